The molecule has 0 aliphatic carbocycles. The molecular formula is C15H18. The zero-order valence-electron chi connectivity index (χ0n) is 9.37. The second-order valence-corrected chi connectivity index (χ2v) is 3.50. The molecule has 0 aliphatic rings. The lowest BCUT2D eigenvalue weighted by Crippen LogP contribution is -1.94. The lowest BCUT2D eigenvalue weighted by atomic mass is 9.95. The summed E-state index contributed by atoms with van der Waals surface area (Å²) >= 11 is 0. The lowest BCUT2D eigenvalue weighted by molar-refractivity contribution is 0.770. The molecule has 0 nitrogen and oxygen atoms in total. The zero-order chi connectivity index (χ0) is 10.9. The molecule has 1 rings (SSSR count). The van der Waals surface area contributed by atoms with Gasteiger partial charge >= 0.3 is 0 Å². The molecule has 0 spiro atoms. The van der Waals surface area contributed by atoms with Gasteiger partial charge < -0.3 is 0 Å². The van der Waals surface area contributed by atoms with Crippen LogP contribution in [0, 0.1) is 11.8 Å². The van der Waals surface area contributed by atoms with E-state index >= 15 is 0 Å². The molecule has 0 amide bonds. The van der Waals surface area contributed by atoms with E-state index in [1.807, 2.05) is 12.1 Å². The predicted molar refractivity (Wildman–Crippen MR) is 66.7 cm³/mol. The van der Waals surface area contributed by atoms with Gasteiger partial charge in [0, 0.05) is 12.3 Å². The molecule has 1 aromatic rings. The average molecular weight is 198 g/mol. The van der Waals surface area contributed by atoms with Gasteiger partial charge in [-0.25, -0.2) is 0 Å². The van der Waals surface area contributed by atoms with E-state index in [1.165, 1.54) is 5.56 Å². The third-order valence-corrected chi connectivity index (χ3v) is 2.31. The van der Waals surface area contributed by atoms with E-state index in [4.69, 9.17) is 0 Å². The van der Waals surface area contributed by atoms with Gasteiger partial charge in [-0.3, -0.25) is 0 Å². The lowest BCUT2D eigenvalue weighted by Gasteiger charge is -2.09. The molecule has 0 heterocycles. The van der Waals surface area contributed by atoms with Gasteiger partial charge in [-0.05, 0) is 18.4 Å². The van der Waals surface area contributed by atoms with Crippen LogP contribution in [0.2, 0.25) is 0 Å². The van der Waals surface area contributed by atoms with E-state index in [0.717, 1.165) is 19.3 Å². The highest BCUT2D eigenvalue weighted by Gasteiger charge is 2.05. The highest BCUT2D eigenvalue weighted by molar-refractivity contribution is 5.27. The maximum Gasteiger partial charge on any atom is 0.0455 e. The smallest absolute Gasteiger partial charge is 0.0455 e. The molecule has 15 heavy (non-hydrogen) atoms. The van der Waals surface area contributed by atoms with Crippen LogP contribution in [0.4, 0.5) is 0 Å². The summed E-state index contributed by atoms with van der Waals surface area (Å²) in [6.45, 7) is 5.84. The van der Waals surface area contributed by atoms with Gasteiger partial charge in [-0.1, -0.05) is 49.3 Å². The summed E-state index contributed by atoms with van der Waals surface area (Å²) in [6, 6.07) is 10.5. The molecule has 0 radical (unpaired) electrons. The first-order valence-electron chi connectivity index (χ1n) is 5.52. The van der Waals surface area contributed by atoms with Gasteiger partial charge in [0.1, 0.15) is 0 Å². The van der Waals surface area contributed by atoms with E-state index in [1.54, 1.807) is 0 Å². The summed E-state index contributed by atoms with van der Waals surface area (Å²) < 4.78 is 0. The first kappa shape index (κ1) is 11.6. The van der Waals surface area contributed by atoms with Crippen molar-refractivity contribution >= 4 is 0 Å². The van der Waals surface area contributed by atoms with Gasteiger partial charge in [-0.15, -0.1) is 12.5 Å². The van der Waals surface area contributed by atoms with Crippen molar-refractivity contribution in [2.75, 3.05) is 0 Å². The average Bonchev–Trinajstić information content (AvgIpc) is 2.30. The fourth-order valence-corrected chi connectivity index (χ4v) is 1.52. The first-order chi connectivity index (χ1) is 7.38. The summed E-state index contributed by atoms with van der Waals surface area (Å²) in [6.07, 6.45) is 4.99. The van der Waals surface area contributed by atoms with E-state index in [-0.39, 0.29) is 0 Å². The van der Waals surface area contributed by atoms with Crippen LogP contribution in [0.5, 0.6) is 0 Å². The molecule has 0 aromatic heterocycles. The van der Waals surface area contributed by atoms with Gasteiger partial charge in [0.05, 0.1) is 0 Å². The van der Waals surface area contributed by atoms with Gasteiger partial charge in [0.25, 0.3) is 0 Å². The fraction of sp³-hybridized carbons (Fsp3) is 0.333. The Morgan fingerprint density at radius 2 is 2.07 bits per heavy atom. The summed E-state index contributed by atoms with van der Waals surface area (Å²) in [7, 11) is 0. The SMILES string of the molecule is C=CCCC(C#CCC)c1ccccc1. The Hall–Kier alpha value is -1.48. The molecule has 0 heteroatoms. The Bertz CT molecular complexity index is 337. The van der Waals surface area contributed by atoms with Crippen LogP contribution >= 0.6 is 0 Å². The number of allylic oxidation sites excluding steroid dienone is 1. The zero-order valence-corrected chi connectivity index (χ0v) is 9.37. The predicted octanol–water partition coefficient (Wildman–Crippen LogP) is 4.15. The largest absolute Gasteiger partial charge is 0.103 e. The molecule has 0 aliphatic heterocycles. The molecule has 0 saturated heterocycles. The van der Waals surface area contributed by atoms with Gasteiger partial charge in [-0.2, -0.15) is 0 Å². The van der Waals surface area contributed by atoms with Crippen molar-refractivity contribution in [2.45, 2.75) is 32.1 Å². The molecular weight excluding hydrogens is 180 g/mol. The van der Waals surface area contributed by atoms with Crippen molar-refractivity contribution in [1.82, 2.24) is 0 Å². The summed E-state index contributed by atoms with van der Waals surface area (Å²) in [4.78, 5) is 0. The Labute approximate surface area is 93.0 Å². The second kappa shape index (κ2) is 6.90. The minimum absolute atomic E-state index is 0.365. The van der Waals surface area contributed by atoms with Gasteiger partial charge in [0.15, 0.2) is 0 Å². The van der Waals surface area contributed by atoms with E-state index in [0.29, 0.717) is 5.92 Å². The van der Waals surface area contributed by atoms with Crippen molar-refractivity contribution in [3.8, 4) is 11.8 Å². The molecule has 1 aromatic carbocycles. The third-order valence-electron chi connectivity index (χ3n) is 2.31. The molecule has 78 valence electrons. The van der Waals surface area contributed by atoms with E-state index in [9.17, 15) is 0 Å². The molecule has 0 N–H and O–H groups in total. The third kappa shape index (κ3) is 4.04. The van der Waals surface area contributed by atoms with Crippen LogP contribution in [0.25, 0.3) is 0 Å². The molecule has 0 fully saturated rings. The maximum absolute atomic E-state index is 3.76. The number of hydrogen-bond acceptors (Lipinski definition) is 0. The van der Waals surface area contributed by atoms with Crippen molar-refractivity contribution in [1.29, 1.82) is 0 Å². The van der Waals surface area contributed by atoms with Crippen LogP contribution in [0.3, 0.4) is 0 Å². The second-order valence-electron chi connectivity index (χ2n) is 3.50. The first-order valence-corrected chi connectivity index (χ1v) is 5.52. The Morgan fingerprint density at radius 1 is 1.33 bits per heavy atom. The van der Waals surface area contributed by atoms with Crippen molar-refractivity contribution < 1.29 is 0 Å². The normalized spacial score (nSPS) is 11.3. The molecule has 0 saturated carbocycles. The van der Waals surface area contributed by atoms with Crippen LogP contribution in [-0.4, -0.2) is 0 Å². The number of rotatable bonds is 4. The Morgan fingerprint density at radius 3 is 2.67 bits per heavy atom. The van der Waals surface area contributed by atoms with E-state index < -0.39 is 0 Å². The van der Waals surface area contributed by atoms with Crippen LogP contribution < -0.4 is 0 Å². The van der Waals surface area contributed by atoms with Crippen LogP contribution in [0.1, 0.15) is 37.7 Å². The molecule has 0 bridgehead atoms. The monoisotopic (exact) mass is 198 g/mol. The van der Waals surface area contributed by atoms with Gasteiger partial charge in [0.2, 0.25) is 0 Å². The van der Waals surface area contributed by atoms with Crippen LogP contribution in [0.15, 0.2) is 43.0 Å². The minimum Gasteiger partial charge on any atom is -0.103 e. The highest BCUT2D eigenvalue weighted by atomic mass is 14.1. The van der Waals surface area contributed by atoms with Crippen LogP contribution in [-0.2, 0) is 0 Å². The Balaban J connectivity index is 2.76. The number of benzene rings is 1. The maximum atomic E-state index is 3.76. The van der Waals surface area contributed by atoms with Crippen molar-refractivity contribution in [2.24, 2.45) is 0 Å². The molecule has 1 atom stereocenters. The summed E-state index contributed by atoms with van der Waals surface area (Å²) in [5, 5.41) is 0. The standard InChI is InChI=1S/C15H18/c1-3-5-10-14(11-6-4-2)15-12-8-7-9-13-15/h3,7-9,12-14H,1,4-5,10H2,2H3. The Kier molecular flexibility index (Phi) is 5.33. The number of hydrogen-bond donors (Lipinski definition) is 0. The minimum atomic E-state index is 0.365. The topological polar surface area (TPSA) is 0 Å². The summed E-state index contributed by atoms with van der Waals surface area (Å²) in [5.74, 6) is 6.86. The van der Waals surface area contributed by atoms with Crippen molar-refractivity contribution in [3.05, 3.63) is 48.6 Å². The summed E-state index contributed by atoms with van der Waals surface area (Å²) in [5.41, 5.74) is 1.32. The fourth-order valence-electron chi connectivity index (χ4n) is 1.52. The van der Waals surface area contributed by atoms with Crippen molar-refractivity contribution in [3.63, 3.8) is 0 Å². The molecule has 1 unspecified atom stereocenters. The van der Waals surface area contributed by atoms with E-state index in [2.05, 4.69) is 49.6 Å². The highest BCUT2D eigenvalue weighted by Crippen LogP contribution is 2.20. The quantitative estimate of drug-likeness (QED) is 0.503.